The first-order valence-corrected chi connectivity index (χ1v) is 11.3. The maximum absolute atomic E-state index is 9.60. The van der Waals surface area contributed by atoms with Gasteiger partial charge in [-0.1, -0.05) is 28.9 Å². The molecule has 0 saturated carbocycles. The van der Waals surface area contributed by atoms with E-state index in [-0.39, 0.29) is 5.60 Å². The molecule has 176 valence electrons. The maximum Gasteiger partial charge on any atom is 0.293 e. The van der Waals surface area contributed by atoms with Crippen molar-refractivity contribution in [1.82, 2.24) is 20.4 Å². The van der Waals surface area contributed by atoms with E-state index in [4.69, 9.17) is 16.1 Å². The molecule has 33 heavy (non-hydrogen) atoms. The average molecular weight is 472 g/mol. The lowest BCUT2D eigenvalue weighted by Gasteiger charge is -2.33. The fourth-order valence-electron chi connectivity index (χ4n) is 3.42. The van der Waals surface area contributed by atoms with Gasteiger partial charge >= 0.3 is 0 Å². The van der Waals surface area contributed by atoms with Crippen molar-refractivity contribution in [2.45, 2.75) is 45.3 Å². The van der Waals surface area contributed by atoms with Gasteiger partial charge in [0, 0.05) is 35.9 Å². The molecule has 8 nitrogen and oxygen atoms in total. The standard InChI is InChI=1S/C19H20ClN5O.C5H10O2/c1-21-15-7-10-25(11-8-15)18-16(6-3-9-22-18)19-23-17(24-26-19)13-4-2-5-14(20)12-13;1-5(2,3)7-4-6/h2-6,9,12,15,21H,7-8,10-11H2,1H3;4H,1-3H3. The number of pyridine rings is 1. The molecule has 1 fully saturated rings. The molecule has 0 spiro atoms. The number of hydrogen-bond donors (Lipinski definition) is 1. The number of anilines is 1. The summed E-state index contributed by atoms with van der Waals surface area (Å²) < 4.78 is 10.1. The van der Waals surface area contributed by atoms with Crippen molar-refractivity contribution in [2.75, 3.05) is 25.0 Å². The van der Waals surface area contributed by atoms with Crippen molar-refractivity contribution in [3.05, 3.63) is 47.6 Å². The molecule has 9 heteroatoms. The average Bonchev–Trinajstić information content (AvgIpc) is 3.29. The Kier molecular flexibility index (Phi) is 8.41. The predicted octanol–water partition coefficient (Wildman–Crippen LogP) is 4.60. The number of carbonyl (C=O) groups excluding carboxylic acids is 1. The summed E-state index contributed by atoms with van der Waals surface area (Å²) in [5.41, 5.74) is 1.37. The summed E-state index contributed by atoms with van der Waals surface area (Å²) in [6, 6.07) is 11.9. The van der Waals surface area contributed by atoms with E-state index in [2.05, 4.69) is 30.1 Å². The van der Waals surface area contributed by atoms with Gasteiger partial charge in [-0.2, -0.15) is 4.98 Å². The molecule has 0 atom stereocenters. The van der Waals surface area contributed by atoms with Crippen LogP contribution in [0.2, 0.25) is 5.02 Å². The molecule has 4 rings (SSSR count). The molecule has 1 aliphatic rings. The van der Waals surface area contributed by atoms with Crippen LogP contribution in [0.15, 0.2) is 47.1 Å². The fourth-order valence-corrected chi connectivity index (χ4v) is 3.61. The Morgan fingerprint density at radius 2 is 1.97 bits per heavy atom. The number of hydrogen-bond acceptors (Lipinski definition) is 8. The number of nitrogens with one attached hydrogen (secondary N) is 1. The number of aromatic nitrogens is 3. The van der Waals surface area contributed by atoms with E-state index in [9.17, 15) is 4.79 Å². The van der Waals surface area contributed by atoms with Crippen molar-refractivity contribution < 1.29 is 14.1 Å². The number of ether oxygens (including phenoxy) is 1. The van der Waals surface area contributed by atoms with Crippen molar-refractivity contribution in [3.63, 3.8) is 0 Å². The number of halogens is 1. The van der Waals surface area contributed by atoms with E-state index in [0.717, 1.165) is 42.9 Å². The first-order valence-electron chi connectivity index (χ1n) is 10.9. The van der Waals surface area contributed by atoms with Crippen LogP contribution < -0.4 is 10.2 Å². The molecule has 0 aliphatic carbocycles. The van der Waals surface area contributed by atoms with Gasteiger partial charge in [-0.15, -0.1) is 0 Å². The summed E-state index contributed by atoms with van der Waals surface area (Å²) in [5.74, 6) is 1.88. The first-order chi connectivity index (χ1) is 15.8. The number of piperidine rings is 1. The van der Waals surface area contributed by atoms with Crippen LogP contribution in [0.1, 0.15) is 33.6 Å². The van der Waals surface area contributed by atoms with E-state index < -0.39 is 0 Å². The largest absolute Gasteiger partial charge is 0.462 e. The summed E-state index contributed by atoms with van der Waals surface area (Å²) in [5, 5.41) is 8.11. The Morgan fingerprint density at radius 3 is 2.58 bits per heavy atom. The number of nitrogens with zero attached hydrogens (tertiary/aromatic N) is 4. The van der Waals surface area contributed by atoms with Crippen LogP contribution in [0.5, 0.6) is 0 Å². The van der Waals surface area contributed by atoms with Crippen LogP contribution in [0.4, 0.5) is 5.82 Å². The van der Waals surface area contributed by atoms with E-state index in [0.29, 0.717) is 29.3 Å². The number of rotatable bonds is 5. The SMILES string of the molecule is CC(C)(C)OC=O.CNC1CCN(c2ncccc2-c2nc(-c3cccc(Cl)c3)no2)CC1. The van der Waals surface area contributed by atoms with Gasteiger partial charge in [0.15, 0.2) is 0 Å². The lowest BCUT2D eigenvalue weighted by Crippen LogP contribution is -2.41. The monoisotopic (exact) mass is 471 g/mol. The van der Waals surface area contributed by atoms with E-state index in [1.54, 1.807) is 6.20 Å². The van der Waals surface area contributed by atoms with Crippen LogP contribution in [0.3, 0.4) is 0 Å². The molecule has 1 saturated heterocycles. The normalized spacial score (nSPS) is 14.4. The number of carbonyl (C=O) groups is 1. The van der Waals surface area contributed by atoms with Crippen LogP contribution >= 0.6 is 11.6 Å². The Bertz CT molecular complexity index is 1040. The number of benzene rings is 1. The van der Waals surface area contributed by atoms with Crippen molar-refractivity contribution in [3.8, 4) is 22.8 Å². The van der Waals surface area contributed by atoms with Crippen molar-refractivity contribution >= 4 is 23.9 Å². The fraction of sp³-hybridized carbons (Fsp3) is 0.417. The second-order valence-corrected chi connectivity index (χ2v) is 9.12. The predicted molar refractivity (Wildman–Crippen MR) is 129 cm³/mol. The second kappa shape index (κ2) is 11.2. The lowest BCUT2D eigenvalue weighted by molar-refractivity contribution is -0.138. The second-order valence-electron chi connectivity index (χ2n) is 8.68. The summed E-state index contributed by atoms with van der Waals surface area (Å²) in [4.78, 5) is 21.0. The molecule has 0 amide bonds. The summed E-state index contributed by atoms with van der Waals surface area (Å²) in [6.45, 7) is 7.82. The molecule has 1 aliphatic heterocycles. The van der Waals surface area contributed by atoms with Crippen LogP contribution in [0, 0.1) is 0 Å². The highest BCUT2D eigenvalue weighted by Crippen LogP contribution is 2.31. The molecular formula is C24H30ClN5O3. The van der Waals surface area contributed by atoms with Crippen LogP contribution in [0.25, 0.3) is 22.8 Å². The molecular weight excluding hydrogens is 442 g/mol. The van der Waals surface area contributed by atoms with Crippen molar-refractivity contribution in [1.29, 1.82) is 0 Å². The van der Waals surface area contributed by atoms with Gasteiger partial charge in [0.2, 0.25) is 5.82 Å². The molecule has 3 aromatic rings. The third-order valence-corrected chi connectivity index (χ3v) is 5.37. The van der Waals surface area contributed by atoms with Crippen molar-refractivity contribution in [2.24, 2.45) is 0 Å². The molecule has 0 radical (unpaired) electrons. The highest BCUT2D eigenvalue weighted by molar-refractivity contribution is 6.30. The lowest BCUT2D eigenvalue weighted by atomic mass is 10.0. The first kappa shape index (κ1) is 24.7. The highest BCUT2D eigenvalue weighted by atomic mass is 35.5. The maximum atomic E-state index is 9.60. The van der Waals surface area contributed by atoms with Gasteiger partial charge in [0.1, 0.15) is 11.4 Å². The summed E-state index contributed by atoms with van der Waals surface area (Å²) >= 11 is 6.06. The minimum atomic E-state index is -0.318. The topological polar surface area (TPSA) is 93.4 Å². The van der Waals surface area contributed by atoms with Gasteiger partial charge in [0.25, 0.3) is 12.4 Å². The zero-order valence-electron chi connectivity index (χ0n) is 19.4. The van der Waals surface area contributed by atoms with E-state index >= 15 is 0 Å². The van der Waals surface area contributed by atoms with Crippen LogP contribution in [-0.4, -0.2) is 53.4 Å². The molecule has 0 unspecified atom stereocenters. The Hall–Kier alpha value is -2.97. The third-order valence-electron chi connectivity index (χ3n) is 5.13. The van der Waals surface area contributed by atoms with Gasteiger partial charge in [-0.05, 0) is 64.9 Å². The minimum absolute atomic E-state index is 0.318. The third kappa shape index (κ3) is 7.00. The Balaban J connectivity index is 0.000000383. The van der Waals surface area contributed by atoms with Gasteiger partial charge in [-0.3, -0.25) is 4.79 Å². The quantitative estimate of drug-likeness (QED) is 0.539. The van der Waals surface area contributed by atoms with E-state index in [1.165, 1.54) is 0 Å². The zero-order chi connectivity index (χ0) is 23.8. The molecule has 2 aromatic heterocycles. The van der Waals surface area contributed by atoms with Gasteiger partial charge < -0.3 is 19.5 Å². The smallest absolute Gasteiger partial charge is 0.293 e. The molecule has 1 N–H and O–H groups in total. The minimum Gasteiger partial charge on any atom is -0.462 e. The van der Waals surface area contributed by atoms with E-state index in [1.807, 2.05) is 64.2 Å². The van der Waals surface area contributed by atoms with Gasteiger partial charge in [0.05, 0.1) is 5.56 Å². The zero-order valence-corrected chi connectivity index (χ0v) is 20.2. The molecule has 3 heterocycles. The Morgan fingerprint density at radius 1 is 1.21 bits per heavy atom. The molecule has 1 aromatic carbocycles. The van der Waals surface area contributed by atoms with Gasteiger partial charge in [-0.25, -0.2) is 4.98 Å². The summed E-state index contributed by atoms with van der Waals surface area (Å²) in [7, 11) is 2.02. The summed E-state index contributed by atoms with van der Waals surface area (Å²) in [6.07, 6.45) is 3.98. The van der Waals surface area contributed by atoms with Crippen LogP contribution in [-0.2, 0) is 9.53 Å². The highest BCUT2D eigenvalue weighted by Gasteiger charge is 2.23. The Labute approximate surface area is 199 Å². The molecule has 0 bridgehead atoms.